The highest BCUT2D eigenvalue weighted by atomic mass is 19.2. The number of benzene rings is 2. The number of piperidine rings is 1. The molecule has 0 aliphatic carbocycles. The van der Waals surface area contributed by atoms with Gasteiger partial charge in [0.25, 0.3) is 0 Å². The highest BCUT2D eigenvalue weighted by Gasteiger charge is 2.34. The number of carboxylic acids is 1. The number of carboxylic acid groups (broad SMARTS) is 1. The Morgan fingerprint density at radius 3 is 2.81 bits per heavy atom. The van der Waals surface area contributed by atoms with Crippen LogP contribution in [0.4, 0.5) is 8.78 Å². The number of aromatic nitrogens is 1. The number of pyridine rings is 1. The molecule has 0 radical (unpaired) electrons. The van der Waals surface area contributed by atoms with Crippen molar-refractivity contribution in [1.82, 2.24) is 9.88 Å². The molecule has 0 saturated carbocycles. The Hall–Kier alpha value is -3.54. The molecule has 1 aliphatic heterocycles. The van der Waals surface area contributed by atoms with E-state index in [1.807, 2.05) is 23.1 Å². The Bertz CT molecular complexity index is 1300. The predicted molar refractivity (Wildman–Crippen MR) is 131 cm³/mol. The Balaban J connectivity index is 1.37. The summed E-state index contributed by atoms with van der Waals surface area (Å²) in [5, 5.41) is 21.6. The third-order valence-electron chi connectivity index (χ3n) is 6.76. The number of aliphatic carboxylic acids is 1. The maximum Gasteiger partial charge on any atom is 0.308 e. The van der Waals surface area contributed by atoms with Gasteiger partial charge in [0.1, 0.15) is 5.75 Å². The van der Waals surface area contributed by atoms with E-state index in [1.165, 1.54) is 6.07 Å². The molecule has 4 rings (SSSR count). The van der Waals surface area contributed by atoms with Crippen LogP contribution < -0.4 is 4.74 Å². The van der Waals surface area contributed by atoms with E-state index in [9.17, 15) is 23.8 Å². The molecule has 1 aromatic heterocycles. The summed E-state index contributed by atoms with van der Waals surface area (Å²) in [6.07, 6.45) is 2.58. The summed E-state index contributed by atoms with van der Waals surface area (Å²) in [6.45, 7) is 1.35. The summed E-state index contributed by atoms with van der Waals surface area (Å²) in [5.41, 5.74) is 1.87. The number of ether oxygens (including phenoxy) is 1. The van der Waals surface area contributed by atoms with Crippen molar-refractivity contribution in [2.45, 2.75) is 25.4 Å². The summed E-state index contributed by atoms with van der Waals surface area (Å²) >= 11 is 0. The van der Waals surface area contributed by atoms with Gasteiger partial charge < -0.3 is 14.9 Å². The zero-order valence-corrected chi connectivity index (χ0v) is 20.0. The van der Waals surface area contributed by atoms with Gasteiger partial charge in [-0.3, -0.25) is 14.7 Å². The van der Waals surface area contributed by atoms with Crippen LogP contribution in [0, 0.1) is 35.3 Å². The van der Waals surface area contributed by atoms with Gasteiger partial charge >= 0.3 is 5.97 Å². The second-order valence-electron chi connectivity index (χ2n) is 9.04. The van der Waals surface area contributed by atoms with E-state index >= 15 is 0 Å². The van der Waals surface area contributed by atoms with Crippen LogP contribution in [0.3, 0.4) is 0 Å². The minimum Gasteiger partial charge on any atom is -0.497 e. The number of hydrogen-bond acceptors (Lipinski definition) is 5. The summed E-state index contributed by atoms with van der Waals surface area (Å²) in [6, 6.07) is 10.8. The van der Waals surface area contributed by atoms with Crippen molar-refractivity contribution in [2.24, 2.45) is 11.8 Å². The first-order valence-electron chi connectivity index (χ1n) is 11.9. The number of methoxy groups -OCH3 is 1. The van der Waals surface area contributed by atoms with Crippen LogP contribution in [-0.4, -0.2) is 52.8 Å². The molecule has 2 N–H and O–H groups in total. The van der Waals surface area contributed by atoms with Gasteiger partial charge in [0.15, 0.2) is 11.6 Å². The lowest BCUT2D eigenvalue weighted by Gasteiger charge is -2.36. The quantitative estimate of drug-likeness (QED) is 0.474. The van der Waals surface area contributed by atoms with Gasteiger partial charge in [-0.1, -0.05) is 11.8 Å². The van der Waals surface area contributed by atoms with Gasteiger partial charge in [-0.05, 0) is 79.8 Å². The normalized spacial score (nSPS) is 18.9. The Morgan fingerprint density at radius 2 is 2.06 bits per heavy atom. The van der Waals surface area contributed by atoms with Crippen molar-refractivity contribution in [3.63, 3.8) is 0 Å². The number of carbonyl (C=O) groups is 1. The van der Waals surface area contributed by atoms with Crippen LogP contribution in [0.1, 0.15) is 36.5 Å². The fourth-order valence-electron chi connectivity index (χ4n) is 4.76. The number of hydrogen-bond donors (Lipinski definition) is 2. The molecule has 6 nitrogen and oxygen atoms in total. The van der Waals surface area contributed by atoms with Gasteiger partial charge in [0.05, 0.1) is 31.2 Å². The summed E-state index contributed by atoms with van der Waals surface area (Å²) in [7, 11) is 1.58. The number of likely N-dealkylation sites (tertiary alicyclic amines) is 1. The molecular formula is C28H28F2N2O4. The largest absolute Gasteiger partial charge is 0.497 e. The fraction of sp³-hybridized carbons (Fsp3) is 0.357. The van der Waals surface area contributed by atoms with Crippen LogP contribution in [-0.2, 0) is 4.79 Å². The summed E-state index contributed by atoms with van der Waals surface area (Å²) in [4.78, 5) is 18.3. The summed E-state index contributed by atoms with van der Waals surface area (Å²) in [5.74, 6) is 3.01. The molecular weight excluding hydrogens is 466 g/mol. The monoisotopic (exact) mass is 494 g/mol. The number of aliphatic hydroxyl groups is 1. The predicted octanol–water partition coefficient (Wildman–Crippen LogP) is 4.41. The maximum absolute atomic E-state index is 13.3. The SMILES string of the molecule is COc1ccc2nccc(C(O)CC[C@@H]3CCN(CC#Cc4ccc(F)c(F)c4)C[C@@H]3C(=O)O)c2c1. The third-order valence-corrected chi connectivity index (χ3v) is 6.76. The van der Waals surface area contributed by atoms with E-state index in [4.69, 9.17) is 4.74 Å². The third kappa shape index (κ3) is 5.99. The molecule has 0 spiro atoms. The van der Waals surface area contributed by atoms with Gasteiger partial charge in [-0.15, -0.1) is 0 Å². The molecule has 1 saturated heterocycles. The second-order valence-corrected chi connectivity index (χ2v) is 9.04. The molecule has 1 fully saturated rings. The number of nitrogens with zero attached hydrogens (tertiary/aromatic N) is 2. The Kier molecular flexibility index (Phi) is 8.14. The van der Waals surface area contributed by atoms with Crippen molar-refractivity contribution in [2.75, 3.05) is 26.7 Å². The molecule has 2 aromatic carbocycles. The molecule has 1 unspecified atom stereocenters. The maximum atomic E-state index is 13.3. The zero-order chi connectivity index (χ0) is 25.7. The smallest absolute Gasteiger partial charge is 0.308 e. The Morgan fingerprint density at radius 1 is 1.22 bits per heavy atom. The number of rotatable bonds is 7. The fourth-order valence-corrected chi connectivity index (χ4v) is 4.76. The van der Waals surface area contributed by atoms with Crippen LogP contribution in [0.5, 0.6) is 5.75 Å². The Labute approximate surface area is 208 Å². The minimum atomic E-state index is -0.949. The lowest BCUT2D eigenvalue weighted by Crippen LogP contribution is -2.44. The van der Waals surface area contributed by atoms with Crippen molar-refractivity contribution in [3.8, 4) is 17.6 Å². The van der Waals surface area contributed by atoms with Crippen molar-refractivity contribution >= 4 is 16.9 Å². The molecule has 36 heavy (non-hydrogen) atoms. The number of aliphatic hydroxyl groups excluding tert-OH is 1. The van der Waals surface area contributed by atoms with E-state index in [2.05, 4.69) is 16.8 Å². The van der Waals surface area contributed by atoms with Crippen molar-refractivity contribution in [3.05, 3.63) is 71.4 Å². The first-order chi connectivity index (χ1) is 17.4. The van der Waals surface area contributed by atoms with Crippen LogP contribution in [0.25, 0.3) is 10.9 Å². The van der Waals surface area contributed by atoms with E-state index in [0.717, 1.165) is 28.6 Å². The first kappa shape index (κ1) is 25.5. The number of halogens is 2. The second kappa shape index (κ2) is 11.5. The van der Waals surface area contributed by atoms with Gasteiger partial charge in [0.2, 0.25) is 0 Å². The summed E-state index contributed by atoms with van der Waals surface area (Å²) < 4.78 is 31.7. The molecule has 2 heterocycles. The van der Waals surface area contributed by atoms with Crippen LogP contribution in [0.2, 0.25) is 0 Å². The van der Waals surface area contributed by atoms with Gasteiger partial charge in [0, 0.05) is 23.7 Å². The molecule has 1 aliphatic rings. The standard InChI is InChI=1S/C28H28F2N2O4/c1-36-20-6-8-26-22(16-20)21(10-12-31-26)27(33)9-5-19-11-14-32(17-23(19)28(34)35)13-2-3-18-4-7-24(29)25(30)15-18/h4,6-8,10,12,15-16,19,23,27,33H,5,9,11,13-14,17H2,1H3,(H,34,35)/t19-,23+,27?/m1/s1. The van der Waals surface area contributed by atoms with Gasteiger partial charge in [-0.25, -0.2) is 8.78 Å². The zero-order valence-electron chi connectivity index (χ0n) is 20.0. The molecule has 0 amide bonds. The lowest BCUT2D eigenvalue weighted by molar-refractivity contribution is -0.146. The lowest BCUT2D eigenvalue weighted by atomic mass is 9.81. The average Bonchev–Trinajstić information content (AvgIpc) is 2.88. The molecule has 0 bridgehead atoms. The van der Waals surface area contributed by atoms with Crippen molar-refractivity contribution < 1.29 is 28.5 Å². The minimum absolute atomic E-state index is 0.0739. The van der Waals surface area contributed by atoms with Crippen LogP contribution in [0.15, 0.2) is 48.7 Å². The van der Waals surface area contributed by atoms with E-state index in [-0.39, 0.29) is 5.92 Å². The van der Waals surface area contributed by atoms with Gasteiger partial charge in [-0.2, -0.15) is 0 Å². The van der Waals surface area contributed by atoms with E-state index in [0.29, 0.717) is 50.2 Å². The highest BCUT2D eigenvalue weighted by molar-refractivity contribution is 5.83. The van der Waals surface area contributed by atoms with E-state index < -0.39 is 29.6 Å². The highest BCUT2D eigenvalue weighted by Crippen LogP contribution is 2.33. The molecule has 188 valence electrons. The number of fused-ring (bicyclic) bond motifs is 1. The average molecular weight is 495 g/mol. The van der Waals surface area contributed by atoms with Crippen molar-refractivity contribution in [1.29, 1.82) is 0 Å². The molecule has 3 aromatic rings. The first-order valence-corrected chi connectivity index (χ1v) is 11.9. The topological polar surface area (TPSA) is 82.9 Å². The van der Waals surface area contributed by atoms with E-state index in [1.54, 1.807) is 19.4 Å². The van der Waals surface area contributed by atoms with Crippen LogP contribution >= 0.6 is 0 Å². The molecule has 3 atom stereocenters. The molecule has 8 heteroatoms.